The Hall–Kier alpha value is -1.26. The third kappa shape index (κ3) is 3.15. The molecular formula is C13H17ClN2O2. The summed E-state index contributed by atoms with van der Waals surface area (Å²) in [5.74, 6) is 0.589. The smallest absolute Gasteiger partial charge is 0.260 e. The minimum Gasteiger partial charge on any atom is -0.484 e. The fourth-order valence-corrected chi connectivity index (χ4v) is 1.94. The van der Waals surface area contributed by atoms with Crippen molar-refractivity contribution in [2.45, 2.75) is 25.4 Å². The molecule has 1 aromatic carbocycles. The first-order valence-electron chi connectivity index (χ1n) is 5.98. The van der Waals surface area contributed by atoms with Crippen LogP contribution in [-0.4, -0.2) is 30.5 Å². The van der Waals surface area contributed by atoms with E-state index in [0.717, 1.165) is 18.4 Å². The molecule has 1 fully saturated rings. The Morgan fingerprint density at radius 1 is 1.56 bits per heavy atom. The van der Waals surface area contributed by atoms with Gasteiger partial charge in [0.2, 0.25) is 0 Å². The quantitative estimate of drug-likeness (QED) is 0.886. The average Bonchev–Trinajstić information content (AvgIpc) is 3.19. The van der Waals surface area contributed by atoms with Crippen molar-refractivity contribution in [3.63, 3.8) is 0 Å². The molecule has 0 bridgehead atoms. The van der Waals surface area contributed by atoms with E-state index in [-0.39, 0.29) is 12.5 Å². The van der Waals surface area contributed by atoms with Crippen molar-refractivity contribution in [3.8, 4) is 5.75 Å². The highest BCUT2D eigenvalue weighted by molar-refractivity contribution is 6.31. The first-order valence-corrected chi connectivity index (χ1v) is 6.36. The second-order valence-corrected chi connectivity index (χ2v) is 4.89. The van der Waals surface area contributed by atoms with Crippen LogP contribution in [0.15, 0.2) is 18.2 Å². The van der Waals surface area contributed by atoms with Crippen molar-refractivity contribution >= 4 is 17.5 Å². The lowest BCUT2D eigenvalue weighted by Gasteiger charge is -2.16. The van der Waals surface area contributed by atoms with Gasteiger partial charge in [-0.25, -0.2) is 0 Å². The van der Waals surface area contributed by atoms with E-state index in [2.05, 4.69) is 0 Å². The molecule has 2 N–H and O–H groups in total. The molecule has 0 spiro atoms. The van der Waals surface area contributed by atoms with Crippen molar-refractivity contribution in [1.82, 2.24) is 4.90 Å². The minimum atomic E-state index is -0.00322. The van der Waals surface area contributed by atoms with Crippen molar-refractivity contribution in [2.75, 3.05) is 13.7 Å². The van der Waals surface area contributed by atoms with Crippen LogP contribution in [0.2, 0.25) is 5.02 Å². The highest BCUT2D eigenvalue weighted by Gasteiger charge is 2.29. The summed E-state index contributed by atoms with van der Waals surface area (Å²) >= 11 is 6.01. The molecule has 1 saturated carbocycles. The number of amides is 1. The van der Waals surface area contributed by atoms with E-state index in [0.29, 0.717) is 23.4 Å². The SMILES string of the molecule is CN(C(=O)COc1ccc(CN)c(Cl)c1)C1CC1. The van der Waals surface area contributed by atoms with Crippen LogP contribution < -0.4 is 10.5 Å². The van der Waals surface area contributed by atoms with Crippen LogP contribution in [0.25, 0.3) is 0 Å². The van der Waals surface area contributed by atoms with E-state index in [1.807, 2.05) is 13.1 Å². The molecule has 0 heterocycles. The number of likely N-dealkylation sites (N-methyl/N-ethyl adjacent to an activating group) is 1. The van der Waals surface area contributed by atoms with E-state index in [1.165, 1.54) is 0 Å². The predicted molar refractivity (Wildman–Crippen MR) is 70.6 cm³/mol. The molecule has 1 aliphatic carbocycles. The molecular weight excluding hydrogens is 252 g/mol. The zero-order chi connectivity index (χ0) is 13.1. The summed E-state index contributed by atoms with van der Waals surface area (Å²) in [4.78, 5) is 13.5. The molecule has 1 amide bonds. The van der Waals surface area contributed by atoms with E-state index < -0.39 is 0 Å². The van der Waals surface area contributed by atoms with Gasteiger partial charge >= 0.3 is 0 Å². The lowest BCUT2D eigenvalue weighted by atomic mass is 10.2. The summed E-state index contributed by atoms with van der Waals surface area (Å²) in [7, 11) is 1.81. The number of halogens is 1. The zero-order valence-corrected chi connectivity index (χ0v) is 11.1. The number of nitrogens with two attached hydrogens (primary N) is 1. The largest absolute Gasteiger partial charge is 0.484 e. The Morgan fingerprint density at radius 2 is 2.28 bits per heavy atom. The highest BCUT2D eigenvalue weighted by atomic mass is 35.5. The van der Waals surface area contributed by atoms with Gasteiger partial charge in [0.05, 0.1) is 0 Å². The maximum atomic E-state index is 11.8. The average molecular weight is 269 g/mol. The molecule has 0 unspecified atom stereocenters. The Balaban J connectivity index is 1.89. The lowest BCUT2D eigenvalue weighted by molar-refractivity contribution is -0.132. The molecule has 0 aliphatic heterocycles. The van der Waals surface area contributed by atoms with Crippen LogP contribution in [0.3, 0.4) is 0 Å². The summed E-state index contributed by atoms with van der Waals surface area (Å²) in [6, 6.07) is 5.68. The van der Waals surface area contributed by atoms with E-state index in [1.54, 1.807) is 17.0 Å². The summed E-state index contributed by atoms with van der Waals surface area (Å²) in [6.45, 7) is 0.438. The van der Waals surface area contributed by atoms with E-state index in [4.69, 9.17) is 22.1 Å². The Kier molecular flexibility index (Phi) is 4.09. The van der Waals surface area contributed by atoms with Gasteiger partial charge in [-0.3, -0.25) is 4.79 Å². The number of ether oxygens (including phenoxy) is 1. The summed E-state index contributed by atoms with van der Waals surface area (Å²) < 4.78 is 5.43. The number of nitrogens with zero attached hydrogens (tertiary/aromatic N) is 1. The van der Waals surface area contributed by atoms with Crippen molar-refractivity contribution in [3.05, 3.63) is 28.8 Å². The van der Waals surface area contributed by atoms with Crippen LogP contribution in [0.1, 0.15) is 18.4 Å². The van der Waals surface area contributed by atoms with Crippen LogP contribution in [0.4, 0.5) is 0 Å². The second-order valence-electron chi connectivity index (χ2n) is 4.48. The maximum Gasteiger partial charge on any atom is 0.260 e. The minimum absolute atomic E-state index is 0.00322. The molecule has 4 nitrogen and oxygen atoms in total. The van der Waals surface area contributed by atoms with Gasteiger partial charge in [-0.15, -0.1) is 0 Å². The summed E-state index contributed by atoms with van der Waals surface area (Å²) in [6.07, 6.45) is 2.19. The van der Waals surface area contributed by atoms with Crippen LogP contribution in [0, 0.1) is 0 Å². The second kappa shape index (κ2) is 5.59. The third-order valence-electron chi connectivity index (χ3n) is 3.09. The van der Waals surface area contributed by atoms with Crippen molar-refractivity contribution < 1.29 is 9.53 Å². The third-order valence-corrected chi connectivity index (χ3v) is 3.45. The Labute approximate surface area is 112 Å². The lowest BCUT2D eigenvalue weighted by Crippen LogP contribution is -2.33. The van der Waals surface area contributed by atoms with Gasteiger partial charge in [0.1, 0.15) is 5.75 Å². The molecule has 0 aromatic heterocycles. The van der Waals surface area contributed by atoms with Gasteiger partial charge in [0.15, 0.2) is 6.61 Å². The standard InChI is InChI=1S/C13H17ClN2O2/c1-16(10-3-4-10)13(17)8-18-11-5-2-9(7-15)12(14)6-11/h2,5-6,10H,3-4,7-8,15H2,1H3. The first-order chi connectivity index (χ1) is 8.61. The van der Waals surface area contributed by atoms with Crippen LogP contribution in [-0.2, 0) is 11.3 Å². The number of hydrogen-bond acceptors (Lipinski definition) is 3. The Bertz CT molecular complexity index is 447. The zero-order valence-electron chi connectivity index (χ0n) is 10.4. The summed E-state index contributed by atoms with van der Waals surface area (Å²) in [5.41, 5.74) is 6.38. The van der Waals surface area contributed by atoms with Gasteiger partial charge < -0.3 is 15.4 Å². The van der Waals surface area contributed by atoms with Crippen LogP contribution in [0.5, 0.6) is 5.75 Å². The highest BCUT2D eigenvalue weighted by Crippen LogP contribution is 2.26. The van der Waals surface area contributed by atoms with Gasteiger partial charge in [-0.05, 0) is 30.5 Å². The number of carbonyl (C=O) groups is 1. The van der Waals surface area contributed by atoms with Gasteiger partial charge in [-0.2, -0.15) is 0 Å². The predicted octanol–water partition coefficient (Wildman–Crippen LogP) is 1.80. The molecule has 5 heteroatoms. The van der Waals surface area contributed by atoms with Crippen molar-refractivity contribution in [2.24, 2.45) is 5.73 Å². The molecule has 1 aliphatic rings. The monoisotopic (exact) mass is 268 g/mol. The van der Waals surface area contributed by atoms with E-state index >= 15 is 0 Å². The van der Waals surface area contributed by atoms with Crippen molar-refractivity contribution in [1.29, 1.82) is 0 Å². The molecule has 0 saturated heterocycles. The number of benzene rings is 1. The number of rotatable bonds is 5. The molecule has 0 atom stereocenters. The van der Waals surface area contributed by atoms with Gasteiger partial charge in [0.25, 0.3) is 5.91 Å². The normalized spacial score (nSPS) is 14.4. The van der Waals surface area contributed by atoms with Gasteiger partial charge in [0, 0.05) is 24.7 Å². The topological polar surface area (TPSA) is 55.6 Å². The van der Waals surface area contributed by atoms with Crippen LogP contribution >= 0.6 is 11.6 Å². The molecule has 98 valence electrons. The number of carbonyl (C=O) groups excluding carboxylic acids is 1. The molecule has 0 radical (unpaired) electrons. The number of hydrogen-bond donors (Lipinski definition) is 1. The Morgan fingerprint density at radius 3 is 2.83 bits per heavy atom. The first kappa shape index (κ1) is 13.2. The fraction of sp³-hybridized carbons (Fsp3) is 0.462. The molecule has 2 rings (SSSR count). The fourth-order valence-electron chi connectivity index (χ4n) is 1.70. The molecule has 18 heavy (non-hydrogen) atoms. The maximum absolute atomic E-state index is 11.8. The van der Waals surface area contributed by atoms with Gasteiger partial charge in [-0.1, -0.05) is 17.7 Å². The summed E-state index contributed by atoms with van der Waals surface area (Å²) in [5, 5.41) is 0.568. The molecule has 1 aromatic rings. The van der Waals surface area contributed by atoms with E-state index in [9.17, 15) is 4.79 Å².